The van der Waals surface area contributed by atoms with Gasteiger partial charge in [-0.2, -0.15) is 0 Å². The fourth-order valence-corrected chi connectivity index (χ4v) is 2.23. The van der Waals surface area contributed by atoms with E-state index in [9.17, 15) is 4.79 Å². The summed E-state index contributed by atoms with van der Waals surface area (Å²) in [5.41, 5.74) is 0.789. The Morgan fingerprint density at radius 1 is 1.40 bits per heavy atom. The van der Waals surface area contributed by atoms with Crippen LogP contribution in [0.4, 0.5) is 5.69 Å². The highest BCUT2D eigenvalue weighted by Gasteiger charge is 2.30. The number of para-hydroxylation sites is 1. The Hall–Kier alpha value is -0.730. The van der Waals surface area contributed by atoms with Crippen LogP contribution < -0.4 is 4.90 Å². The second-order valence-electron chi connectivity index (χ2n) is 3.68. The number of alkyl halides is 1. The highest BCUT2D eigenvalue weighted by Crippen LogP contribution is 2.31. The van der Waals surface area contributed by atoms with Gasteiger partial charge in [0.05, 0.1) is 10.7 Å². The lowest BCUT2D eigenvalue weighted by molar-refractivity contribution is -0.117. The van der Waals surface area contributed by atoms with Gasteiger partial charge in [0, 0.05) is 18.8 Å². The van der Waals surface area contributed by atoms with Crippen molar-refractivity contribution in [2.45, 2.75) is 6.42 Å². The number of hydrogen-bond acceptors (Lipinski definition) is 1. The van der Waals surface area contributed by atoms with Crippen molar-refractivity contribution in [3.8, 4) is 0 Å². The number of rotatable bonds is 2. The van der Waals surface area contributed by atoms with Crippen molar-refractivity contribution in [1.82, 2.24) is 0 Å². The first-order chi connectivity index (χ1) is 7.22. The molecule has 1 heterocycles. The van der Waals surface area contributed by atoms with Crippen LogP contribution in [0.15, 0.2) is 24.3 Å². The number of nitrogens with zero attached hydrogens (tertiary/aromatic N) is 1. The van der Waals surface area contributed by atoms with Crippen LogP contribution in [0.2, 0.25) is 5.02 Å². The van der Waals surface area contributed by atoms with Crippen molar-refractivity contribution in [3.05, 3.63) is 29.3 Å². The Labute approximate surface area is 98.8 Å². The fourth-order valence-electron chi connectivity index (χ4n) is 1.79. The second kappa shape index (κ2) is 4.42. The lowest BCUT2D eigenvalue weighted by Gasteiger charge is -2.17. The van der Waals surface area contributed by atoms with Gasteiger partial charge in [0.2, 0.25) is 5.91 Å². The number of carbonyl (C=O) groups is 1. The molecular weight excluding hydrogens is 233 g/mol. The highest BCUT2D eigenvalue weighted by atomic mass is 35.5. The molecule has 1 atom stereocenters. The molecule has 0 radical (unpaired) electrons. The molecule has 1 aliphatic heterocycles. The van der Waals surface area contributed by atoms with E-state index in [1.807, 2.05) is 18.2 Å². The van der Waals surface area contributed by atoms with Crippen molar-refractivity contribution in [1.29, 1.82) is 0 Å². The molecule has 0 saturated carbocycles. The number of amides is 1. The van der Waals surface area contributed by atoms with E-state index in [2.05, 4.69) is 0 Å². The standard InChI is InChI=1S/C11H11Cl2NO/c12-6-8-5-11(15)14(7-8)10-4-2-1-3-9(10)13/h1-4,8H,5-7H2. The first-order valence-electron chi connectivity index (χ1n) is 4.83. The Kier molecular flexibility index (Phi) is 3.17. The summed E-state index contributed by atoms with van der Waals surface area (Å²) in [6.45, 7) is 0.673. The summed E-state index contributed by atoms with van der Waals surface area (Å²) >= 11 is 11.8. The van der Waals surface area contributed by atoms with Crippen LogP contribution >= 0.6 is 23.2 Å². The smallest absolute Gasteiger partial charge is 0.227 e. The maximum absolute atomic E-state index is 11.7. The predicted octanol–water partition coefficient (Wildman–Crippen LogP) is 2.93. The molecule has 2 nitrogen and oxygen atoms in total. The number of benzene rings is 1. The van der Waals surface area contributed by atoms with Crippen LogP contribution in [0, 0.1) is 5.92 Å². The van der Waals surface area contributed by atoms with E-state index in [-0.39, 0.29) is 11.8 Å². The quantitative estimate of drug-likeness (QED) is 0.732. The summed E-state index contributed by atoms with van der Waals surface area (Å²) in [5, 5.41) is 0.612. The van der Waals surface area contributed by atoms with E-state index in [0.717, 1.165) is 5.69 Å². The lowest BCUT2D eigenvalue weighted by atomic mass is 10.1. The zero-order chi connectivity index (χ0) is 10.8. The van der Waals surface area contributed by atoms with Gasteiger partial charge in [-0.25, -0.2) is 0 Å². The topological polar surface area (TPSA) is 20.3 Å². The normalized spacial score (nSPS) is 21.1. The van der Waals surface area contributed by atoms with Gasteiger partial charge in [-0.3, -0.25) is 4.79 Å². The first kappa shape index (κ1) is 10.8. The van der Waals surface area contributed by atoms with Crippen LogP contribution in [-0.4, -0.2) is 18.3 Å². The molecular formula is C11H11Cl2NO. The van der Waals surface area contributed by atoms with E-state index in [4.69, 9.17) is 23.2 Å². The van der Waals surface area contributed by atoms with Crippen LogP contribution in [0.25, 0.3) is 0 Å². The minimum atomic E-state index is 0.105. The molecule has 0 aromatic heterocycles. The maximum Gasteiger partial charge on any atom is 0.227 e. The zero-order valence-electron chi connectivity index (χ0n) is 8.12. The largest absolute Gasteiger partial charge is 0.311 e. The van der Waals surface area contributed by atoms with Gasteiger partial charge in [-0.05, 0) is 18.1 Å². The SMILES string of the molecule is O=C1CC(CCl)CN1c1ccccc1Cl. The third kappa shape index (κ3) is 2.11. The van der Waals surface area contributed by atoms with Crippen LogP contribution in [0.3, 0.4) is 0 Å². The number of carbonyl (C=O) groups excluding carboxylic acids is 1. The van der Waals surface area contributed by atoms with Crippen molar-refractivity contribution in [2.24, 2.45) is 5.92 Å². The lowest BCUT2D eigenvalue weighted by Crippen LogP contribution is -2.24. The summed E-state index contributed by atoms with van der Waals surface area (Å²) < 4.78 is 0. The average molecular weight is 244 g/mol. The zero-order valence-corrected chi connectivity index (χ0v) is 9.63. The van der Waals surface area contributed by atoms with Crippen molar-refractivity contribution >= 4 is 34.8 Å². The van der Waals surface area contributed by atoms with Gasteiger partial charge >= 0.3 is 0 Å². The molecule has 1 amide bonds. The number of anilines is 1. The van der Waals surface area contributed by atoms with Gasteiger partial charge in [-0.1, -0.05) is 23.7 Å². The highest BCUT2D eigenvalue weighted by molar-refractivity contribution is 6.33. The van der Waals surface area contributed by atoms with E-state index in [1.165, 1.54) is 0 Å². The summed E-state index contributed by atoms with van der Waals surface area (Å²) in [6, 6.07) is 7.38. The van der Waals surface area contributed by atoms with Crippen LogP contribution in [0.1, 0.15) is 6.42 Å². The van der Waals surface area contributed by atoms with Gasteiger partial charge in [-0.15, -0.1) is 11.6 Å². The van der Waals surface area contributed by atoms with Gasteiger partial charge in [0.15, 0.2) is 0 Å². The third-order valence-electron chi connectivity index (χ3n) is 2.57. The van der Waals surface area contributed by atoms with Gasteiger partial charge in [0.1, 0.15) is 0 Å². The molecule has 15 heavy (non-hydrogen) atoms. The molecule has 1 aliphatic rings. The van der Waals surface area contributed by atoms with E-state index in [0.29, 0.717) is 23.9 Å². The van der Waals surface area contributed by atoms with Gasteiger partial charge < -0.3 is 4.90 Å². The fraction of sp³-hybridized carbons (Fsp3) is 0.364. The monoisotopic (exact) mass is 243 g/mol. The second-order valence-corrected chi connectivity index (χ2v) is 4.40. The maximum atomic E-state index is 11.7. The Balaban J connectivity index is 2.25. The molecule has 0 bridgehead atoms. The third-order valence-corrected chi connectivity index (χ3v) is 3.32. The predicted molar refractivity (Wildman–Crippen MR) is 62.6 cm³/mol. The Bertz CT molecular complexity index is 381. The molecule has 0 aliphatic carbocycles. The summed E-state index contributed by atoms with van der Waals surface area (Å²) in [4.78, 5) is 13.4. The van der Waals surface area contributed by atoms with Crippen LogP contribution in [0.5, 0.6) is 0 Å². The van der Waals surface area contributed by atoms with Crippen LogP contribution in [-0.2, 0) is 4.79 Å². The summed E-state index contributed by atoms with van der Waals surface area (Å²) in [7, 11) is 0. The van der Waals surface area contributed by atoms with Crippen molar-refractivity contribution in [3.63, 3.8) is 0 Å². The summed E-state index contributed by atoms with van der Waals surface area (Å²) in [5.74, 6) is 0.872. The Morgan fingerprint density at radius 2 is 2.13 bits per heavy atom. The molecule has 1 saturated heterocycles. The number of halogens is 2. The minimum absolute atomic E-state index is 0.105. The molecule has 1 aromatic rings. The van der Waals surface area contributed by atoms with E-state index in [1.54, 1.807) is 11.0 Å². The molecule has 0 spiro atoms. The molecule has 1 unspecified atom stereocenters. The molecule has 4 heteroatoms. The first-order valence-corrected chi connectivity index (χ1v) is 5.74. The van der Waals surface area contributed by atoms with Gasteiger partial charge in [0.25, 0.3) is 0 Å². The average Bonchev–Trinajstić information content (AvgIpc) is 2.60. The van der Waals surface area contributed by atoms with Crippen molar-refractivity contribution in [2.75, 3.05) is 17.3 Å². The minimum Gasteiger partial charge on any atom is -0.311 e. The number of hydrogen-bond donors (Lipinski definition) is 0. The van der Waals surface area contributed by atoms with E-state index >= 15 is 0 Å². The Morgan fingerprint density at radius 3 is 2.73 bits per heavy atom. The van der Waals surface area contributed by atoms with Crippen molar-refractivity contribution < 1.29 is 4.79 Å². The molecule has 0 N–H and O–H groups in total. The molecule has 80 valence electrons. The molecule has 1 fully saturated rings. The molecule has 2 rings (SSSR count). The van der Waals surface area contributed by atoms with E-state index < -0.39 is 0 Å². The molecule has 1 aromatic carbocycles. The summed E-state index contributed by atoms with van der Waals surface area (Å²) in [6.07, 6.45) is 0.523.